The van der Waals surface area contributed by atoms with E-state index in [-0.39, 0.29) is 24.3 Å². The van der Waals surface area contributed by atoms with Gasteiger partial charge in [-0.2, -0.15) is 0 Å². The van der Waals surface area contributed by atoms with Crippen LogP contribution in [-0.2, 0) is 4.79 Å². The molecule has 0 spiro atoms. The van der Waals surface area contributed by atoms with Crippen LogP contribution in [0.5, 0.6) is 0 Å². The number of hydrogen-bond donors (Lipinski definition) is 1. The molecule has 1 heterocycles. The van der Waals surface area contributed by atoms with E-state index >= 15 is 0 Å². The highest BCUT2D eigenvalue weighted by Gasteiger charge is 2.34. The van der Waals surface area contributed by atoms with Gasteiger partial charge in [-0.25, -0.2) is 0 Å². The molecule has 2 aromatic rings. The third kappa shape index (κ3) is 4.74. The van der Waals surface area contributed by atoms with E-state index in [1.54, 1.807) is 13.0 Å². The van der Waals surface area contributed by atoms with E-state index in [1.165, 1.54) is 18.2 Å². The molecule has 0 bridgehead atoms. The largest absolute Gasteiger partial charge is 0.350 e. The topological polar surface area (TPSA) is 110 Å². The van der Waals surface area contributed by atoms with E-state index in [9.17, 15) is 24.5 Å². The first-order chi connectivity index (χ1) is 14.3. The van der Waals surface area contributed by atoms with Gasteiger partial charge in [0.25, 0.3) is 22.7 Å². The van der Waals surface area contributed by atoms with E-state index in [0.29, 0.717) is 10.5 Å². The number of nitro benzene ring substituents is 1. The summed E-state index contributed by atoms with van der Waals surface area (Å²) >= 11 is 0.864. The lowest BCUT2D eigenvalue weighted by Crippen LogP contribution is -2.37. The number of amides is 3. The number of carbonyl (C=O) groups excluding carboxylic acids is 3. The van der Waals surface area contributed by atoms with E-state index in [4.69, 9.17) is 0 Å². The summed E-state index contributed by atoms with van der Waals surface area (Å²) in [7, 11) is 0. The second-order valence-electron chi connectivity index (χ2n) is 6.76. The predicted molar refractivity (Wildman–Crippen MR) is 114 cm³/mol. The molecule has 0 aromatic heterocycles. The minimum Gasteiger partial charge on any atom is -0.350 e. The Hall–Kier alpha value is -3.46. The van der Waals surface area contributed by atoms with Crippen LogP contribution in [0.3, 0.4) is 0 Å². The molecule has 2 aromatic carbocycles. The predicted octanol–water partition coefficient (Wildman–Crippen LogP) is 3.68. The summed E-state index contributed by atoms with van der Waals surface area (Å²) in [6.45, 7) is 3.62. The van der Waals surface area contributed by atoms with Crippen molar-refractivity contribution in [1.82, 2.24) is 10.2 Å². The molecule has 1 fully saturated rings. The van der Waals surface area contributed by atoms with E-state index in [1.807, 2.05) is 31.2 Å². The van der Waals surface area contributed by atoms with Gasteiger partial charge in [-0.1, -0.05) is 29.8 Å². The first-order valence-electron chi connectivity index (χ1n) is 9.11. The maximum absolute atomic E-state index is 12.5. The molecule has 0 aliphatic carbocycles. The number of imide groups is 1. The summed E-state index contributed by atoms with van der Waals surface area (Å²) in [6.07, 6.45) is 1.67. The number of thioether (sulfide) groups is 1. The lowest BCUT2D eigenvalue weighted by atomic mass is 10.1. The van der Waals surface area contributed by atoms with Crippen molar-refractivity contribution in [2.24, 2.45) is 0 Å². The highest BCUT2D eigenvalue weighted by atomic mass is 32.2. The monoisotopic (exact) mass is 425 g/mol. The number of nitrogens with zero attached hydrogens (tertiary/aromatic N) is 2. The second kappa shape index (κ2) is 8.91. The molecule has 1 aliphatic rings. The zero-order chi connectivity index (χ0) is 21.8. The second-order valence-corrected chi connectivity index (χ2v) is 7.75. The molecule has 154 valence electrons. The van der Waals surface area contributed by atoms with Gasteiger partial charge in [-0.3, -0.25) is 29.4 Å². The van der Waals surface area contributed by atoms with Gasteiger partial charge in [0.15, 0.2) is 0 Å². The van der Waals surface area contributed by atoms with Crippen molar-refractivity contribution in [3.63, 3.8) is 0 Å². The number of nitrogens with one attached hydrogen (secondary N) is 1. The number of nitro groups is 1. The highest BCUT2D eigenvalue weighted by molar-refractivity contribution is 8.18. The Balaban J connectivity index is 1.59. The van der Waals surface area contributed by atoms with Crippen LogP contribution < -0.4 is 5.32 Å². The first kappa shape index (κ1) is 21.3. The fourth-order valence-electron chi connectivity index (χ4n) is 2.89. The van der Waals surface area contributed by atoms with Gasteiger partial charge in [0.1, 0.15) is 0 Å². The van der Waals surface area contributed by atoms with E-state index < -0.39 is 22.0 Å². The number of aryl methyl sites for hydroxylation is 2. The van der Waals surface area contributed by atoms with Crippen molar-refractivity contribution in [2.45, 2.75) is 13.8 Å². The molecule has 1 N–H and O–H groups in total. The Morgan fingerprint density at radius 1 is 1.17 bits per heavy atom. The minimum atomic E-state index is -0.513. The molecule has 8 nitrogen and oxygen atoms in total. The molecule has 3 amide bonds. The van der Waals surface area contributed by atoms with Gasteiger partial charge in [-0.15, -0.1) is 0 Å². The van der Waals surface area contributed by atoms with Gasteiger partial charge >= 0.3 is 0 Å². The molecular weight excluding hydrogens is 406 g/mol. The van der Waals surface area contributed by atoms with Crippen LogP contribution in [0.25, 0.3) is 6.08 Å². The average molecular weight is 425 g/mol. The molecule has 0 unspecified atom stereocenters. The lowest BCUT2D eigenvalue weighted by Gasteiger charge is -2.13. The zero-order valence-electron chi connectivity index (χ0n) is 16.4. The summed E-state index contributed by atoms with van der Waals surface area (Å²) in [5.41, 5.74) is 2.50. The number of carbonyl (C=O) groups is 3. The van der Waals surface area contributed by atoms with Gasteiger partial charge < -0.3 is 5.32 Å². The van der Waals surface area contributed by atoms with Crippen LogP contribution in [-0.4, -0.2) is 40.0 Å². The fourth-order valence-corrected chi connectivity index (χ4v) is 3.76. The van der Waals surface area contributed by atoms with Crippen molar-refractivity contribution in [3.05, 3.63) is 79.7 Å². The van der Waals surface area contributed by atoms with Gasteiger partial charge in [-0.05, 0) is 49.4 Å². The van der Waals surface area contributed by atoms with E-state index in [2.05, 4.69) is 5.32 Å². The molecule has 1 aliphatic heterocycles. The van der Waals surface area contributed by atoms with Crippen molar-refractivity contribution in [3.8, 4) is 0 Å². The Kier molecular flexibility index (Phi) is 6.31. The van der Waals surface area contributed by atoms with Crippen LogP contribution >= 0.6 is 11.8 Å². The smallest absolute Gasteiger partial charge is 0.293 e. The van der Waals surface area contributed by atoms with Crippen LogP contribution in [0.4, 0.5) is 10.5 Å². The average Bonchev–Trinajstić information content (AvgIpc) is 2.96. The normalized spacial score (nSPS) is 15.0. The Bertz CT molecular complexity index is 1060. The molecule has 1 saturated heterocycles. The van der Waals surface area contributed by atoms with Crippen molar-refractivity contribution < 1.29 is 19.3 Å². The zero-order valence-corrected chi connectivity index (χ0v) is 17.2. The summed E-state index contributed by atoms with van der Waals surface area (Å²) in [5, 5.41) is 13.1. The standard InChI is InChI=1S/C21H19N3O5S/c1-13-3-5-15(6-4-13)12-18-20(26)23(21(27)30-18)10-9-22-19(25)16-7-8-17(24(28)29)14(2)11-16/h3-8,11-12H,9-10H2,1-2H3,(H,22,25)/b18-12-. The molecule has 0 atom stereocenters. The van der Waals surface area contributed by atoms with Gasteiger partial charge in [0.2, 0.25) is 0 Å². The summed E-state index contributed by atoms with van der Waals surface area (Å²) in [6, 6.07) is 11.7. The van der Waals surface area contributed by atoms with Crippen LogP contribution in [0.2, 0.25) is 0 Å². The molecule has 30 heavy (non-hydrogen) atoms. The van der Waals surface area contributed by atoms with E-state index in [0.717, 1.165) is 27.8 Å². The van der Waals surface area contributed by atoms with Crippen LogP contribution in [0, 0.1) is 24.0 Å². The Labute approximate surface area is 177 Å². The molecule has 9 heteroatoms. The Morgan fingerprint density at radius 2 is 1.87 bits per heavy atom. The molecule has 3 rings (SSSR count). The number of rotatable bonds is 6. The maximum Gasteiger partial charge on any atom is 0.293 e. The third-order valence-corrected chi connectivity index (χ3v) is 5.43. The quantitative estimate of drug-likeness (QED) is 0.430. The molecular formula is C21H19N3O5S. The molecule has 0 radical (unpaired) electrons. The van der Waals surface area contributed by atoms with Crippen LogP contribution in [0.15, 0.2) is 47.4 Å². The fraction of sp³-hybridized carbons (Fsp3) is 0.190. The Morgan fingerprint density at radius 3 is 2.50 bits per heavy atom. The summed E-state index contributed by atoms with van der Waals surface area (Å²) in [5.74, 6) is -0.832. The van der Waals surface area contributed by atoms with Crippen LogP contribution in [0.1, 0.15) is 27.0 Å². The lowest BCUT2D eigenvalue weighted by molar-refractivity contribution is -0.385. The third-order valence-electron chi connectivity index (χ3n) is 4.53. The summed E-state index contributed by atoms with van der Waals surface area (Å²) < 4.78 is 0. The first-order valence-corrected chi connectivity index (χ1v) is 9.93. The van der Waals surface area contributed by atoms with Crippen molar-refractivity contribution in [1.29, 1.82) is 0 Å². The van der Waals surface area contributed by atoms with Crippen molar-refractivity contribution in [2.75, 3.05) is 13.1 Å². The SMILES string of the molecule is Cc1ccc(/C=C2\SC(=O)N(CCNC(=O)c3ccc([N+](=O)[O-])c(C)c3)C2=O)cc1. The number of hydrogen-bond acceptors (Lipinski definition) is 6. The highest BCUT2D eigenvalue weighted by Crippen LogP contribution is 2.31. The minimum absolute atomic E-state index is 0.0353. The molecule has 0 saturated carbocycles. The van der Waals surface area contributed by atoms with Crippen molar-refractivity contribution >= 4 is 40.6 Å². The summed E-state index contributed by atoms with van der Waals surface area (Å²) in [4.78, 5) is 48.7. The van der Waals surface area contributed by atoms with Gasteiger partial charge in [0.05, 0.1) is 9.83 Å². The number of benzene rings is 2. The maximum atomic E-state index is 12.5. The van der Waals surface area contributed by atoms with Gasteiger partial charge in [0, 0.05) is 30.3 Å².